The molecule has 0 spiro atoms. The van der Waals surface area contributed by atoms with Crippen molar-refractivity contribution in [2.75, 3.05) is 6.54 Å². The molecule has 0 aromatic rings. The highest BCUT2D eigenvalue weighted by atomic mass is 19.4. The lowest BCUT2D eigenvalue weighted by molar-refractivity contribution is -0.226. The van der Waals surface area contributed by atoms with Crippen LogP contribution in [-0.2, 0) is 0 Å². The van der Waals surface area contributed by atoms with Crippen LogP contribution in [0.1, 0.15) is 52.9 Å². The van der Waals surface area contributed by atoms with Gasteiger partial charge in [-0.3, -0.25) is 0 Å². The zero-order valence-corrected chi connectivity index (χ0v) is 11.0. The van der Waals surface area contributed by atoms with Crippen molar-refractivity contribution in [2.45, 2.75) is 64.6 Å². The molecule has 0 aromatic heterocycles. The summed E-state index contributed by atoms with van der Waals surface area (Å²) in [6.07, 6.45) is -0.874. The summed E-state index contributed by atoms with van der Waals surface area (Å²) in [6, 6.07) is 0. The molecule has 0 amide bonds. The van der Waals surface area contributed by atoms with E-state index in [0.29, 0.717) is 19.4 Å². The predicted molar refractivity (Wildman–Crippen MR) is 63.9 cm³/mol. The Morgan fingerprint density at radius 1 is 1.29 bits per heavy atom. The standard InChI is InChI=1S/C13H24F3N/c1-4-9-17-12(13(14,15)16)8-6-5-7-11(12)10(2)3/h10-11,17H,4-9H2,1-3H3. The van der Waals surface area contributed by atoms with Gasteiger partial charge in [0, 0.05) is 0 Å². The van der Waals surface area contributed by atoms with Crippen LogP contribution < -0.4 is 5.32 Å². The summed E-state index contributed by atoms with van der Waals surface area (Å²) in [7, 11) is 0. The van der Waals surface area contributed by atoms with E-state index in [-0.39, 0.29) is 18.3 Å². The van der Waals surface area contributed by atoms with E-state index in [1.54, 1.807) is 0 Å². The minimum absolute atomic E-state index is 0.0706. The van der Waals surface area contributed by atoms with Crippen LogP contribution in [0.3, 0.4) is 0 Å². The minimum atomic E-state index is -4.14. The first-order valence-corrected chi connectivity index (χ1v) is 6.67. The fourth-order valence-corrected chi connectivity index (χ4v) is 3.12. The fraction of sp³-hybridized carbons (Fsp3) is 1.00. The maximum absolute atomic E-state index is 13.5. The molecular weight excluding hydrogens is 227 g/mol. The molecule has 1 aliphatic rings. The van der Waals surface area contributed by atoms with Crippen LogP contribution in [0.25, 0.3) is 0 Å². The van der Waals surface area contributed by atoms with Gasteiger partial charge in [-0.2, -0.15) is 13.2 Å². The lowest BCUT2D eigenvalue weighted by atomic mass is 9.67. The summed E-state index contributed by atoms with van der Waals surface area (Å²) >= 11 is 0. The Hall–Kier alpha value is -0.250. The zero-order valence-electron chi connectivity index (χ0n) is 11.0. The van der Waals surface area contributed by atoms with Crippen molar-refractivity contribution in [3.05, 3.63) is 0 Å². The second-order valence-corrected chi connectivity index (χ2v) is 5.49. The van der Waals surface area contributed by atoms with Crippen molar-refractivity contribution in [1.82, 2.24) is 5.32 Å². The Balaban J connectivity index is 2.99. The average Bonchev–Trinajstić information content (AvgIpc) is 2.25. The highest BCUT2D eigenvalue weighted by Crippen LogP contribution is 2.47. The van der Waals surface area contributed by atoms with Gasteiger partial charge in [0.25, 0.3) is 0 Å². The van der Waals surface area contributed by atoms with Gasteiger partial charge in [-0.15, -0.1) is 0 Å². The van der Waals surface area contributed by atoms with Crippen LogP contribution in [0, 0.1) is 11.8 Å². The van der Waals surface area contributed by atoms with Gasteiger partial charge in [0.05, 0.1) is 0 Å². The first-order valence-electron chi connectivity index (χ1n) is 6.67. The van der Waals surface area contributed by atoms with Crippen LogP contribution in [0.15, 0.2) is 0 Å². The van der Waals surface area contributed by atoms with Crippen molar-refractivity contribution in [3.63, 3.8) is 0 Å². The van der Waals surface area contributed by atoms with Gasteiger partial charge in [0.15, 0.2) is 0 Å². The van der Waals surface area contributed by atoms with E-state index >= 15 is 0 Å². The molecule has 1 nitrogen and oxygen atoms in total. The molecular formula is C13H24F3N. The monoisotopic (exact) mass is 251 g/mol. The lowest BCUT2D eigenvalue weighted by Gasteiger charge is -2.47. The summed E-state index contributed by atoms with van der Waals surface area (Å²) in [6.45, 7) is 6.17. The number of rotatable bonds is 4. The second kappa shape index (κ2) is 5.59. The number of nitrogens with one attached hydrogen (secondary N) is 1. The quantitative estimate of drug-likeness (QED) is 0.792. The summed E-state index contributed by atoms with van der Waals surface area (Å²) in [5, 5.41) is 2.83. The Labute approximate surface area is 102 Å². The average molecular weight is 251 g/mol. The minimum Gasteiger partial charge on any atom is -0.303 e. The summed E-state index contributed by atoms with van der Waals surface area (Å²) in [5.74, 6) is -0.218. The SMILES string of the molecule is CCCNC1(C(F)(F)F)CCCCC1C(C)C. The molecule has 1 rings (SSSR count). The van der Waals surface area contributed by atoms with Gasteiger partial charge in [-0.05, 0) is 37.6 Å². The molecule has 17 heavy (non-hydrogen) atoms. The number of halogens is 3. The molecule has 1 N–H and O–H groups in total. The molecule has 1 fully saturated rings. The van der Waals surface area contributed by atoms with Crippen LogP contribution in [0.5, 0.6) is 0 Å². The maximum atomic E-state index is 13.5. The fourth-order valence-electron chi connectivity index (χ4n) is 3.12. The third kappa shape index (κ3) is 2.95. The molecule has 102 valence electrons. The summed E-state index contributed by atoms with van der Waals surface area (Å²) < 4.78 is 40.4. The van der Waals surface area contributed by atoms with Crippen molar-refractivity contribution >= 4 is 0 Å². The summed E-state index contributed by atoms with van der Waals surface area (Å²) in [4.78, 5) is 0. The second-order valence-electron chi connectivity index (χ2n) is 5.49. The van der Waals surface area contributed by atoms with Crippen LogP contribution in [-0.4, -0.2) is 18.3 Å². The predicted octanol–water partition coefficient (Wildman–Crippen LogP) is 4.13. The van der Waals surface area contributed by atoms with E-state index in [0.717, 1.165) is 12.8 Å². The van der Waals surface area contributed by atoms with Gasteiger partial charge in [-0.1, -0.05) is 33.6 Å². The van der Waals surface area contributed by atoms with E-state index in [1.165, 1.54) is 0 Å². The zero-order chi connectivity index (χ0) is 13.1. The normalized spacial score (nSPS) is 30.9. The number of hydrogen-bond donors (Lipinski definition) is 1. The third-order valence-electron chi connectivity index (χ3n) is 3.97. The molecule has 0 saturated heterocycles. The molecule has 1 saturated carbocycles. The van der Waals surface area contributed by atoms with Crippen LogP contribution >= 0.6 is 0 Å². The number of hydrogen-bond acceptors (Lipinski definition) is 1. The van der Waals surface area contributed by atoms with Crippen LogP contribution in [0.2, 0.25) is 0 Å². The van der Waals surface area contributed by atoms with Crippen molar-refractivity contribution in [2.24, 2.45) is 11.8 Å². The molecule has 4 heteroatoms. The maximum Gasteiger partial charge on any atom is 0.406 e. The Morgan fingerprint density at radius 3 is 2.41 bits per heavy atom. The lowest BCUT2D eigenvalue weighted by Crippen LogP contribution is -2.64. The number of alkyl halides is 3. The van der Waals surface area contributed by atoms with E-state index in [9.17, 15) is 13.2 Å². The largest absolute Gasteiger partial charge is 0.406 e. The first kappa shape index (κ1) is 14.8. The molecule has 0 bridgehead atoms. The van der Waals surface area contributed by atoms with E-state index < -0.39 is 11.7 Å². The molecule has 2 atom stereocenters. The van der Waals surface area contributed by atoms with E-state index in [2.05, 4.69) is 5.32 Å². The van der Waals surface area contributed by atoms with Gasteiger partial charge in [-0.25, -0.2) is 0 Å². The Bertz CT molecular complexity index is 237. The molecule has 0 heterocycles. The van der Waals surface area contributed by atoms with E-state index in [1.807, 2.05) is 20.8 Å². The molecule has 0 aromatic carbocycles. The van der Waals surface area contributed by atoms with Gasteiger partial charge >= 0.3 is 6.18 Å². The highest BCUT2D eigenvalue weighted by Gasteiger charge is 2.59. The Kier molecular flexibility index (Phi) is 4.87. The third-order valence-corrected chi connectivity index (χ3v) is 3.97. The topological polar surface area (TPSA) is 12.0 Å². The van der Waals surface area contributed by atoms with Crippen molar-refractivity contribution in [1.29, 1.82) is 0 Å². The van der Waals surface area contributed by atoms with Gasteiger partial charge < -0.3 is 5.32 Å². The highest BCUT2D eigenvalue weighted by molar-refractivity contribution is 5.03. The van der Waals surface area contributed by atoms with Crippen molar-refractivity contribution < 1.29 is 13.2 Å². The van der Waals surface area contributed by atoms with Crippen LogP contribution in [0.4, 0.5) is 13.2 Å². The van der Waals surface area contributed by atoms with Gasteiger partial charge in [0.1, 0.15) is 5.54 Å². The van der Waals surface area contributed by atoms with E-state index in [4.69, 9.17) is 0 Å². The van der Waals surface area contributed by atoms with Crippen molar-refractivity contribution in [3.8, 4) is 0 Å². The first-order chi connectivity index (χ1) is 7.85. The molecule has 2 unspecified atom stereocenters. The summed E-state index contributed by atoms with van der Waals surface area (Å²) in [5.41, 5.74) is -1.64. The molecule has 0 radical (unpaired) electrons. The molecule has 0 aliphatic heterocycles. The molecule has 1 aliphatic carbocycles. The smallest absolute Gasteiger partial charge is 0.303 e. The Morgan fingerprint density at radius 2 is 1.94 bits per heavy atom. The van der Waals surface area contributed by atoms with Gasteiger partial charge in [0.2, 0.25) is 0 Å².